The molecule has 0 saturated carbocycles. The third-order valence-electron chi connectivity index (χ3n) is 3.28. The number of benzene rings is 1. The van der Waals surface area contributed by atoms with Gasteiger partial charge in [0.2, 0.25) is 0 Å². The topological polar surface area (TPSA) is 38.5 Å². The van der Waals surface area contributed by atoms with Crippen LogP contribution in [0.5, 0.6) is 5.75 Å². The van der Waals surface area contributed by atoms with Gasteiger partial charge in [0, 0.05) is 6.42 Å². The van der Waals surface area contributed by atoms with Crippen molar-refractivity contribution in [2.24, 2.45) is 5.73 Å². The van der Waals surface area contributed by atoms with Crippen LogP contribution < -0.4 is 10.5 Å². The van der Waals surface area contributed by atoms with Crippen molar-refractivity contribution in [1.29, 1.82) is 0 Å². The van der Waals surface area contributed by atoms with Gasteiger partial charge in [-0.25, -0.2) is 0 Å². The second kappa shape index (κ2) is 6.76. The second-order valence-electron chi connectivity index (χ2n) is 4.78. The Morgan fingerprint density at radius 2 is 1.67 bits per heavy atom. The second-order valence-corrected chi connectivity index (χ2v) is 4.78. The third-order valence-corrected chi connectivity index (χ3v) is 3.28. The van der Waals surface area contributed by atoms with Gasteiger partial charge < -0.3 is 10.5 Å². The van der Waals surface area contributed by atoms with E-state index in [2.05, 4.69) is 37.8 Å². The maximum absolute atomic E-state index is 6.41. The first-order valence-corrected chi connectivity index (χ1v) is 6.79. The number of rotatable bonds is 7. The van der Waals surface area contributed by atoms with Crippen LogP contribution in [0.1, 0.15) is 33.3 Å². The van der Waals surface area contributed by atoms with Gasteiger partial charge in [0.15, 0.2) is 0 Å². The normalized spacial score (nSPS) is 14.6. The third kappa shape index (κ3) is 4.00. The van der Waals surface area contributed by atoms with Crippen molar-refractivity contribution in [1.82, 2.24) is 4.90 Å². The number of likely N-dealkylation sites (N-methyl/N-ethyl adjacent to an activating group) is 1. The average Bonchev–Trinajstić information content (AvgIpc) is 2.33. The summed E-state index contributed by atoms with van der Waals surface area (Å²) in [7, 11) is 0. The van der Waals surface area contributed by atoms with Crippen LogP contribution in [0.25, 0.3) is 0 Å². The molecule has 1 aromatic carbocycles. The van der Waals surface area contributed by atoms with Gasteiger partial charge in [-0.1, -0.05) is 26.0 Å². The molecule has 1 aromatic rings. The van der Waals surface area contributed by atoms with Crippen molar-refractivity contribution in [2.45, 2.75) is 39.8 Å². The van der Waals surface area contributed by atoms with Gasteiger partial charge in [-0.3, -0.25) is 4.90 Å². The Kier molecular flexibility index (Phi) is 5.63. The zero-order chi connectivity index (χ0) is 13.6. The minimum Gasteiger partial charge on any atom is -0.494 e. The van der Waals surface area contributed by atoms with Crippen molar-refractivity contribution < 1.29 is 4.74 Å². The lowest BCUT2D eigenvalue weighted by Crippen LogP contribution is -2.55. The fraction of sp³-hybridized carbons (Fsp3) is 0.600. The molecule has 2 N–H and O–H groups in total. The Bertz CT molecular complexity index is 342. The first-order chi connectivity index (χ1) is 8.53. The zero-order valence-electron chi connectivity index (χ0n) is 12.1. The van der Waals surface area contributed by atoms with Crippen LogP contribution in [-0.2, 0) is 6.42 Å². The number of ether oxygens (including phenoxy) is 1. The Balaban J connectivity index is 2.71. The smallest absolute Gasteiger partial charge is 0.119 e. The maximum Gasteiger partial charge on any atom is 0.119 e. The summed E-state index contributed by atoms with van der Waals surface area (Å²) in [5.41, 5.74) is 7.36. The first-order valence-electron chi connectivity index (χ1n) is 6.79. The Hall–Kier alpha value is -1.06. The van der Waals surface area contributed by atoms with Crippen LogP contribution in [0.15, 0.2) is 24.3 Å². The highest BCUT2D eigenvalue weighted by molar-refractivity contribution is 5.28. The van der Waals surface area contributed by atoms with E-state index in [0.717, 1.165) is 25.3 Å². The van der Waals surface area contributed by atoms with Crippen molar-refractivity contribution in [3.63, 3.8) is 0 Å². The minimum atomic E-state index is -0.295. The fourth-order valence-corrected chi connectivity index (χ4v) is 2.34. The predicted molar refractivity (Wildman–Crippen MR) is 76.8 cm³/mol. The molecule has 3 heteroatoms. The standard InChI is InChI=1S/C15H26N2O/c1-5-17(6-2)15(4,16)12-13-8-10-14(11-9-13)18-7-3/h8-11H,5-7,12,16H2,1-4H3. The molecule has 0 radical (unpaired) electrons. The molecule has 0 aliphatic heterocycles. The van der Waals surface area contributed by atoms with Gasteiger partial charge in [-0.15, -0.1) is 0 Å². The molecule has 0 amide bonds. The SMILES string of the molecule is CCOc1ccc(CC(C)(N)N(CC)CC)cc1. The van der Waals surface area contributed by atoms with Crippen LogP contribution in [0.4, 0.5) is 0 Å². The molecular formula is C15H26N2O. The molecule has 0 bridgehead atoms. The number of nitrogens with two attached hydrogens (primary N) is 1. The van der Waals surface area contributed by atoms with Crippen molar-refractivity contribution in [3.05, 3.63) is 29.8 Å². The highest BCUT2D eigenvalue weighted by Gasteiger charge is 2.24. The molecule has 0 aliphatic carbocycles. The number of hydrogen-bond acceptors (Lipinski definition) is 3. The summed E-state index contributed by atoms with van der Waals surface area (Å²) >= 11 is 0. The molecule has 0 aromatic heterocycles. The van der Waals surface area contributed by atoms with E-state index in [9.17, 15) is 0 Å². The molecule has 18 heavy (non-hydrogen) atoms. The highest BCUT2D eigenvalue weighted by Crippen LogP contribution is 2.18. The summed E-state index contributed by atoms with van der Waals surface area (Å²) in [4.78, 5) is 2.28. The highest BCUT2D eigenvalue weighted by atomic mass is 16.5. The van der Waals surface area contributed by atoms with E-state index in [0.29, 0.717) is 6.61 Å². The molecule has 0 fully saturated rings. The van der Waals surface area contributed by atoms with E-state index < -0.39 is 0 Å². The summed E-state index contributed by atoms with van der Waals surface area (Å²) < 4.78 is 5.44. The van der Waals surface area contributed by atoms with E-state index >= 15 is 0 Å². The molecule has 1 unspecified atom stereocenters. The monoisotopic (exact) mass is 250 g/mol. The molecular weight excluding hydrogens is 224 g/mol. The summed E-state index contributed by atoms with van der Waals surface area (Å²) in [6, 6.07) is 8.22. The maximum atomic E-state index is 6.41. The van der Waals surface area contributed by atoms with Gasteiger partial charge in [-0.05, 0) is 44.6 Å². The molecule has 0 spiro atoms. The Labute approximate surface area is 111 Å². The Morgan fingerprint density at radius 1 is 1.11 bits per heavy atom. The van der Waals surface area contributed by atoms with E-state index in [1.165, 1.54) is 5.56 Å². The van der Waals surface area contributed by atoms with Crippen LogP contribution in [0.3, 0.4) is 0 Å². The van der Waals surface area contributed by atoms with Crippen molar-refractivity contribution >= 4 is 0 Å². The molecule has 0 aliphatic rings. The number of nitrogens with zero attached hydrogens (tertiary/aromatic N) is 1. The van der Waals surface area contributed by atoms with Crippen LogP contribution in [0, 0.1) is 0 Å². The lowest BCUT2D eigenvalue weighted by atomic mass is 10.00. The van der Waals surface area contributed by atoms with Gasteiger partial charge in [0.25, 0.3) is 0 Å². The minimum absolute atomic E-state index is 0.295. The van der Waals surface area contributed by atoms with Gasteiger partial charge in [-0.2, -0.15) is 0 Å². The molecule has 1 rings (SSSR count). The molecule has 3 nitrogen and oxygen atoms in total. The van der Waals surface area contributed by atoms with Crippen LogP contribution in [0.2, 0.25) is 0 Å². The van der Waals surface area contributed by atoms with Crippen molar-refractivity contribution in [2.75, 3.05) is 19.7 Å². The van der Waals surface area contributed by atoms with E-state index in [-0.39, 0.29) is 5.66 Å². The van der Waals surface area contributed by atoms with Gasteiger partial charge in [0.05, 0.1) is 12.3 Å². The predicted octanol–water partition coefficient (Wildman–Crippen LogP) is 2.64. The summed E-state index contributed by atoms with van der Waals surface area (Å²) in [6.07, 6.45) is 0.848. The van der Waals surface area contributed by atoms with E-state index in [1.807, 2.05) is 19.1 Å². The van der Waals surface area contributed by atoms with Crippen LogP contribution >= 0.6 is 0 Å². The average molecular weight is 250 g/mol. The quantitative estimate of drug-likeness (QED) is 0.756. The van der Waals surface area contributed by atoms with Crippen LogP contribution in [-0.4, -0.2) is 30.3 Å². The fourth-order valence-electron chi connectivity index (χ4n) is 2.34. The molecule has 0 saturated heterocycles. The zero-order valence-corrected chi connectivity index (χ0v) is 12.1. The largest absolute Gasteiger partial charge is 0.494 e. The molecule has 0 heterocycles. The van der Waals surface area contributed by atoms with E-state index in [4.69, 9.17) is 10.5 Å². The summed E-state index contributed by atoms with van der Waals surface area (Å²) in [5, 5.41) is 0. The summed E-state index contributed by atoms with van der Waals surface area (Å²) in [5.74, 6) is 0.919. The van der Waals surface area contributed by atoms with E-state index in [1.54, 1.807) is 0 Å². The van der Waals surface area contributed by atoms with Gasteiger partial charge >= 0.3 is 0 Å². The van der Waals surface area contributed by atoms with Gasteiger partial charge in [0.1, 0.15) is 5.75 Å². The molecule has 1 atom stereocenters. The number of hydrogen-bond donors (Lipinski definition) is 1. The first kappa shape index (κ1) is 15.0. The lowest BCUT2D eigenvalue weighted by Gasteiger charge is -2.37. The lowest BCUT2D eigenvalue weighted by molar-refractivity contribution is 0.123. The summed E-state index contributed by atoms with van der Waals surface area (Å²) in [6.45, 7) is 11.0. The Morgan fingerprint density at radius 3 is 2.11 bits per heavy atom. The van der Waals surface area contributed by atoms with Crippen molar-refractivity contribution in [3.8, 4) is 5.75 Å². The molecule has 102 valence electrons.